The quantitative estimate of drug-likeness (QED) is 0.869. The van der Waals surface area contributed by atoms with E-state index in [0.717, 1.165) is 17.9 Å². The topological polar surface area (TPSA) is 57.2 Å². The molecular weight excluding hydrogens is 252 g/mol. The van der Waals surface area contributed by atoms with Crippen molar-refractivity contribution in [3.63, 3.8) is 0 Å². The Labute approximate surface area is 117 Å². The third-order valence-electron chi connectivity index (χ3n) is 3.55. The zero-order chi connectivity index (χ0) is 14.1. The lowest BCUT2D eigenvalue weighted by atomic mass is 10.2. The minimum absolute atomic E-state index is 0.0116. The lowest BCUT2D eigenvalue weighted by Gasteiger charge is -2.10. The molecule has 20 heavy (non-hydrogen) atoms. The third-order valence-corrected chi connectivity index (χ3v) is 3.55. The maximum atomic E-state index is 12.0. The molecule has 0 aliphatic heterocycles. The number of hydrogen-bond acceptors (Lipinski definition) is 3. The fourth-order valence-corrected chi connectivity index (χ4v) is 2.20. The maximum Gasteiger partial charge on any atom is 0.254 e. The smallest absolute Gasteiger partial charge is 0.254 e. The molecule has 4 heteroatoms. The summed E-state index contributed by atoms with van der Waals surface area (Å²) in [6, 6.07) is 8.83. The van der Waals surface area contributed by atoms with Crippen LogP contribution < -0.4 is 16.0 Å². The van der Waals surface area contributed by atoms with E-state index in [9.17, 15) is 4.79 Å². The molecule has 0 amide bonds. The molecule has 104 valence electrons. The van der Waals surface area contributed by atoms with Crippen LogP contribution in [0.1, 0.15) is 18.4 Å². The van der Waals surface area contributed by atoms with Gasteiger partial charge >= 0.3 is 0 Å². The van der Waals surface area contributed by atoms with Crippen LogP contribution in [0.25, 0.3) is 0 Å². The molecule has 1 aromatic heterocycles. The Bertz CT molecular complexity index is 687. The molecule has 0 atom stereocenters. The molecule has 0 saturated heterocycles. The van der Waals surface area contributed by atoms with Gasteiger partial charge in [0.05, 0.1) is 0 Å². The van der Waals surface area contributed by atoms with Gasteiger partial charge in [0, 0.05) is 24.5 Å². The van der Waals surface area contributed by atoms with Crippen LogP contribution in [0.5, 0.6) is 11.5 Å². The van der Waals surface area contributed by atoms with Gasteiger partial charge in [0.1, 0.15) is 11.5 Å². The molecule has 1 aromatic carbocycles. The van der Waals surface area contributed by atoms with Gasteiger partial charge in [-0.3, -0.25) is 4.79 Å². The standard InChI is InChI=1S/C16H18N2O2/c1-11-8-13(17)4-5-15(11)20-14-6-7-18(16(19)9-14)10-12-2-3-12/h4-9,12H,2-3,10,17H2,1H3. The number of ether oxygens (including phenoxy) is 1. The van der Waals surface area contributed by atoms with E-state index in [-0.39, 0.29) is 5.56 Å². The Balaban J connectivity index is 1.80. The number of nitrogen functional groups attached to an aromatic ring is 1. The van der Waals surface area contributed by atoms with Gasteiger partial charge in [-0.15, -0.1) is 0 Å². The number of rotatable bonds is 4. The lowest BCUT2D eigenvalue weighted by Crippen LogP contribution is -2.19. The number of benzene rings is 1. The Kier molecular flexibility index (Phi) is 3.22. The van der Waals surface area contributed by atoms with Crippen LogP contribution in [0.15, 0.2) is 41.3 Å². The van der Waals surface area contributed by atoms with Gasteiger partial charge in [-0.05, 0) is 55.5 Å². The minimum atomic E-state index is -0.0116. The molecule has 2 aromatic rings. The van der Waals surface area contributed by atoms with E-state index in [0.29, 0.717) is 17.4 Å². The van der Waals surface area contributed by atoms with E-state index >= 15 is 0 Å². The molecule has 0 radical (unpaired) electrons. The van der Waals surface area contributed by atoms with E-state index in [1.807, 2.05) is 31.3 Å². The third kappa shape index (κ3) is 2.85. The van der Waals surface area contributed by atoms with Gasteiger partial charge in [-0.25, -0.2) is 0 Å². The summed E-state index contributed by atoms with van der Waals surface area (Å²) in [5, 5.41) is 0. The van der Waals surface area contributed by atoms with Gasteiger partial charge in [-0.2, -0.15) is 0 Å². The molecule has 1 saturated carbocycles. The first-order valence-corrected chi connectivity index (χ1v) is 6.86. The normalized spacial score (nSPS) is 14.2. The zero-order valence-electron chi connectivity index (χ0n) is 11.5. The molecule has 0 unspecified atom stereocenters. The molecule has 1 aliphatic rings. The highest BCUT2D eigenvalue weighted by atomic mass is 16.5. The Morgan fingerprint density at radius 2 is 2.10 bits per heavy atom. The van der Waals surface area contributed by atoms with Crippen LogP contribution >= 0.6 is 0 Å². The van der Waals surface area contributed by atoms with Crippen molar-refractivity contribution >= 4 is 5.69 Å². The van der Waals surface area contributed by atoms with Gasteiger partial charge < -0.3 is 15.0 Å². The maximum absolute atomic E-state index is 12.0. The lowest BCUT2D eigenvalue weighted by molar-refractivity contribution is 0.473. The number of anilines is 1. The van der Waals surface area contributed by atoms with E-state index in [1.165, 1.54) is 18.9 Å². The predicted molar refractivity (Wildman–Crippen MR) is 79.1 cm³/mol. The highest BCUT2D eigenvalue weighted by Gasteiger charge is 2.21. The average Bonchev–Trinajstić information content (AvgIpc) is 3.20. The summed E-state index contributed by atoms with van der Waals surface area (Å²) in [5.41, 5.74) is 7.35. The molecule has 3 rings (SSSR count). The molecule has 1 fully saturated rings. The van der Waals surface area contributed by atoms with Crippen molar-refractivity contribution < 1.29 is 4.74 Å². The second-order valence-electron chi connectivity index (χ2n) is 5.42. The molecule has 1 aliphatic carbocycles. The van der Waals surface area contributed by atoms with Crippen molar-refractivity contribution in [3.05, 3.63) is 52.4 Å². The summed E-state index contributed by atoms with van der Waals surface area (Å²) in [6.45, 7) is 2.75. The summed E-state index contributed by atoms with van der Waals surface area (Å²) in [4.78, 5) is 12.0. The van der Waals surface area contributed by atoms with Crippen LogP contribution in [0.3, 0.4) is 0 Å². The number of pyridine rings is 1. The van der Waals surface area contributed by atoms with E-state index in [1.54, 1.807) is 10.6 Å². The second kappa shape index (κ2) is 5.04. The van der Waals surface area contributed by atoms with E-state index in [2.05, 4.69) is 0 Å². The Morgan fingerprint density at radius 1 is 1.30 bits per heavy atom. The minimum Gasteiger partial charge on any atom is -0.457 e. The summed E-state index contributed by atoms with van der Waals surface area (Å²) in [6.07, 6.45) is 4.27. The van der Waals surface area contributed by atoms with Gasteiger partial charge in [0.25, 0.3) is 5.56 Å². The van der Waals surface area contributed by atoms with Gasteiger partial charge in [0.2, 0.25) is 0 Å². The van der Waals surface area contributed by atoms with Crippen LogP contribution in [0.2, 0.25) is 0 Å². The van der Waals surface area contributed by atoms with Crippen molar-refractivity contribution in [1.29, 1.82) is 0 Å². The number of hydrogen-bond donors (Lipinski definition) is 1. The van der Waals surface area contributed by atoms with Gasteiger partial charge in [-0.1, -0.05) is 0 Å². The van der Waals surface area contributed by atoms with E-state index in [4.69, 9.17) is 10.5 Å². The molecule has 4 nitrogen and oxygen atoms in total. The van der Waals surface area contributed by atoms with Gasteiger partial charge in [0.15, 0.2) is 0 Å². The van der Waals surface area contributed by atoms with E-state index < -0.39 is 0 Å². The number of aryl methyl sites for hydroxylation is 1. The largest absolute Gasteiger partial charge is 0.457 e. The van der Waals surface area contributed by atoms with Crippen molar-refractivity contribution in [1.82, 2.24) is 4.57 Å². The molecule has 0 bridgehead atoms. The summed E-state index contributed by atoms with van der Waals surface area (Å²) >= 11 is 0. The van der Waals surface area contributed by atoms with Crippen molar-refractivity contribution in [2.75, 3.05) is 5.73 Å². The Morgan fingerprint density at radius 3 is 2.75 bits per heavy atom. The molecular formula is C16H18N2O2. The number of nitrogens with zero attached hydrogens (tertiary/aromatic N) is 1. The van der Waals surface area contributed by atoms with Crippen molar-refractivity contribution in [2.45, 2.75) is 26.3 Å². The second-order valence-corrected chi connectivity index (χ2v) is 5.42. The summed E-state index contributed by atoms with van der Waals surface area (Å²) < 4.78 is 7.50. The highest BCUT2D eigenvalue weighted by molar-refractivity contribution is 5.48. The Hall–Kier alpha value is -2.23. The predicted octanol–water partition coefficient (Wildman–Crippen LogP) is 2.94. The van der Waals surface area contributed by atoms with Crippen LogP contribution in [0, 0.1) is 12.8 Å². The highest BCUT2D eigenvalue weighted by Crippen LogP contribution is 2.30. The summed E-state index contributed by atoms with van der Waals surface area (Å²) in [7, 11) is 0. The first-order chi connectivity index (χ1) is 9.61. The number of nitrogens with two attached hydrogens (primary N) is 1. The molecule has 0 spiro atoms. The first kappa shape index (κ1) is 12.8. The van der Waals surface area contributed by atoms with Crippen LogP contribution in [0.4, 0.5) is 5.69 Å². The fourth-order valence-electron chi connectivity index (χ4n) is 2.20. The van der Waals surface area contributed by atoms with Crippen molar-refractivity contribution in [2.24, 2.45) is 5.92 Å². The SMILES string of the molecule is Cc1cc(N)ccc1Oc1ccn(CC2CC2)c(=O)c1. The molecule has 1 heterocycles. The van der Waals surface area contributed by atoms with Crippen LogP contribution in [-0.4, -0.2) is 4.57 Å². The average molecular weight is 270 g/mol. The number of aromatic nitrogens is 1. The zero-order valence-corrected chi connectivity index (χ0v) is 11.5. The monoisotopic (exact) mass is 270 g/mol. The summed E-state index contributed by atoms with van der Waals surface area (Å²) in [5.74, 6) is 1.97. The van der Waals surface area contributed by atoms with Crippen molar-refractivity contribution in [3.8, 4) is 11.5 Å². The first-order valence-electron chi connectivity index (χ1n) is 6.86. The molecule has 2 N–H and O–H groups in total. The fraction of sp³-hybridized carbons (Fsp3) is 0.312. The van der Waals surface area contributed by atoms with Crippen LogP contribution in [-0.2, 0) is 6.54 Å².